The molecule has 2 aromatic carbocycles. The summed E-state index contributed by atoms with van der Waals surface area (Å²) in [5, 5.41) is 12.3. The van der Waals surface area contributed by atoms with Gasteiger partial charge in [-0.25, -0.2) is 4.39 Å². The lowest BCUT2D eigenvalue weighted by Crippen LogP contribution is -2.45. The van der Waals surface area contributed by atoms with E-state index in [0.717, 1.165) is 43.0 Å². The first kappa shape index (κ1) is 25.1. The molecule has 0 aromatic heterocycles. The highest BCUT2D eigenvalue weighted by Crippen LogP contribution is 2.43. The van der Waals surface area contributed by atoms with Gasteiger partial charge in [0.2, 0.25) is 0 Å². The number of nitrogens with one attached hydrogen (secondary N) is 1. The summed E-state index contributed by atoms with van der Waals surface area (Å²) in [5.41, 5.74) is -3.71. The maximum atomic E-state index is 15.0. The zero-order valence-electron chi connectivity index (χ0n) is 19.1. The SMILES string of the molecule is CC1(C)C(=O)N(c2ccc(C#N)c(C(F)(F)F)c2)C(S)N1c1ccc(OC2CCNCC2)c(F)c1. The van der Waals surface area contributed by atoms with Crippen LogP contribution in [0.15, 0.2) is 36.4 Å². The molecule has 4 rings (SSSR count). The van der Waals surface area contributed by atoms with Gasteiger partial charge in [0.1, 0.15) is 11.6 Å². The minimum atomic E-state index is -4.78. The van der Waals surface area contributed by atoms with Crippen molar-refractivity contribution >= 4 is 29.9 Å². The maximum Gasteiger partial charge on any atom is 0.417 e. The van der Waals surface area contributed by atoms with Crippen LogP contribution in [-0.4, -0.2) is 36.1 Å². The van der Waals surface area contributed by atoms with Crippen molar-refractivity contribution in [1.29, 1.82) is 5.26 Å². The van der Waals surface area contributed by atoms with E-state index in [1.807, 2.05) is 0 Å². The fourth-order valence-corrected chi connectivity index (χ4v) is 5.12. The van der Waals surface area contributed by atoms with Crippen LogP contribution in [0.2, 0.25) is 0 Å². The van der Waals surface area contributed by atoms with Crippen molar-refractivity contribution in [3.63, 3.8) is 0 Å². The quantitative estimate of drug-likeness (QED) is 0.463. The molecule has 2 fully saturated rings. The van der Waals surface area contributed by atoms with Gasteiger partial charge in [0.25, 0.3) is 5.91 Å². The summed E-state index contributed by atoms with van der Waals surface area (Å²) in [4.78, 5) is 16.0. The number of hydrogen-bond acceptors (Lipinski definition) is 6. The lowest BCUT2D eigenvalue weighted by Gasteiger charge is -2.33. The summed E-state index contributed by atoms with van der Waals surface area (Å²) in [6.45, 7) is 4.75. The van der Waals surface area contributed by atoms with Crippen LogP contribution >= 0.6 is 12.6 Å². The van der Waals surface area contributed by atoms with Crippen molar-refractivity contribution in [2.45, 2.75) is 50.0 Å². The number of thiol groups is 1. The van der Waals surface area contributed by atoms with Gasteiger partial charge in [-0.2, -0.15) is 18.4 Å². The third-order valence-electron chi connectivity index (χ3n) is 6.29. The molecule has 186 valence electrons. The second-order valence-corrected chi connectivity index (χ2v) is 9.43. The minimum absolute atomic E-state index is 0.0665. The molecule has 0 radical (unpaired) electrons. The topological polar surface area (TPSA) is 68.6 Å². The molecule has 0 saturated carbocycles. The van der Waals surface area contributed by atoms with Crippen LogP contribution in [0.3, 0.4) is 0 Å². The van der Waals surface area contributed by atoms with Gasteiger partial charge in [-0.1, -0.05) is 0 Å². The molecule has 2 aliphatic heterocycles. The standard InChI is InChI=1S/C24H24F4N4O2S/c1-23(2)21(33)31(15-4-3-14(13-29)18(11-15)24(26,27)28)22(35)32(23)16-5-6-20(19(25)12-16)34-17-7-9-30-10-8-17/h3-6,11-12,17,22,30,35H,7-10H2,1-2H3. The zero-order valence-corrected chi connectivity index (χ0v) is 20.0. The average molecular weight is 509 g/mol. The van der Waals surface area contributed by atoms with Gasteiger partial charge in [-0.05, 0) is 70.1 Å². The molecule has 35 heavy (non-hydrogen) atoms. The third-order valence-corrected chi connectivity index (χ3v) is 6.75. The molecule has 1 N–H and O–H groups in total. The Kier molecular flexibility index (Phi) is 6.64. The largest absolute Gasteiger partial charge is 0.487 e. The average Bonchev–Trinajstić information content (AvgIpc) is 2.98. The van der Waals surface area contributed by atoms with Crippen molar-refractivity contribution < 1.29 is 27.1 Å². The monoisotopic (exact) mass is 508 g/mol. The van der Waals surface area contributed by atoms with Crippen LogP contribution in [0.4, 0.5) is 28.9 Å². The Hall–Kier alpha value is -2.97. The number of rotatable bonds is 4. The molecule has 11 heteroatoms. The maximum absolute atomic E-state index is 15.0. The molecule has 2 aliphatic rings. The van der Waals surface area contributed by atoms with Crippen LogP contribution in [0.25, 0.3) is 0 Å². The molecule has 2 heterocycles. The molecule has 1 amide bonds. The molecule has 1 unspecified atom stereocenters. The zero-order chi connectivity index (χ0) is 25.5. The first-order valence-electron chi connectivity index (χ1n) is 11.0. The number of piperidine rings is 1. The fourth-order valence-electron chi connectivity index (χ4n) is 4.46. The number of nitriles is 1. The smallest absolute Gasteiger partial charge is 0.417 e. The predicted molar refractivity (Wildman–Crippen MR) is 126 cm³/mol. The molecule has 0 bridgehead atoms. The van der Waals surface area contributed by atoms with Gasteiger partial charge in [-0.15, -0.1) is 12.6 Å². The number of carbonyl (C=O) groups is 1. The van der Waals surface area contributed by atoms with E-state index in [1.54, 1.807) is 19.9 Å². The number of amides is 1. The lowest BCUT2D eigenvalue weighted by atomic mass is 10.0. The van der Waals surface area contributed by atoms with E-state index < -0.39 is 40.1 Å². The molecule has 2 saturated heterocycles. The Labute approximate surface area is 205 Å². The number of alkyl halides is 3. The van der Waals surface area contributed by atoms with E-state index in [2.05, 4.69) is 17.9 Å². The van der Waals surface area contributed by atoms with Gasteiger partial charge < -0.3 is 15.0 Å². The first-order chi connectivity index (χ1) is 16.4. The number of benzene rings is 2. The Morgan fingerprint density at radius 2 is 1.80 bits per heavy atom. The lowest BCUT2D eigenvalue weighted by molar-refractivity contribution is -0.137. The number of nitrogens with zero attached hydrogens (tertiary/aromatic N) is 3. The van der Waals surface area contributed by atoms with Crippen LogP contribution in [-0.2, 0) is 11.0 Å². The number of ether oxygens (including phenoxy) is 1. The molecule has 6 nitrogen and oxygen atoms in total. The fraction of sp³-hybridized carbons (Fsp3) is 0.417. The molecule has 1 atom stereocenters. The van der Waals surface area contributed by atoms with Gasteiger partial charge in [0, 0.05) is 17.4 Å². The van der Waals surface area contributed by atoms with Crippen molar-refractivity contribution in [2.75, 3.05) is 22.9 Å². The van der Waals surface area contributed by atoms with Crippen LogP contribution < -0.4 is 19.9 Å². The molecule has 0 spiro atoms. The van der Waals surface area contributed by atoms with Crippen LogP contribution in [0.5, 0.6) is 5.75 Å². The number of anilines is 2. The van der Waals surface area contributed by atoms with Crippen molar-refractivity contribution in [1.82, 2.24) is 5.32 Å². The number of hydrogen-bond donors (Lipinski definition) is 2. The summed E-state index contributed by atoms with van der Waals surface area (Å²) in [7, 11) is 0. The highest BCUT2D eigenvalue weighted by molar-refractivity contribution is 7.81. The van der Waals surface area contributed by atoms with Crippen LogP contribution in [0.1, 0.15) is 37.8 Å². The van der Waals surface area contributed by atoms with Crippen molar-refractivity contribution in [3.8, 4) is 11.8 Å². The summed E-state index contributed by atoms with van der Waals surface area (Å²) in [5.74, 6) is -1.04. The Morgan fingerprint density at radius 1 is 1.14 bits per heavy atom. The third kappa shape index (κ3) is 4.65. The first-order valence-corrected chi connectivity index (χ1v) is 11.6. The number of carbonyl (C=O) groups excluding carboxylic acids is 1. The molecular formula is C24H24F4N4O2S. The van der Waals surface area contributed by atoms with Gasteiger partial charge in [0.05, 0.1) is 17.2 Å². The Morgan fingerprint density at radius 3 is 2.40 bits per heavy atom. The summed E-state index contributed by atoms with van der Waals surface area (Å²) >= 11 is 4.52. The number of halogens is 4. The van der Waals surface area contributed by atoms with Gasteiger partial charge >= 0.3 is 6.18 Å². The van der Waals surface area contributed by atoms with E-state index >= 15 is 0 Å². The summed E-state index contributed by atoms with van der Waals surface area (Å²) in [6.07, 6.45) is -3.37. The second kappa shape index (κ2) is 9.24. The van der Waals surface area contributed by atoms with Gasteiger partial charge in [0.15, 0.2) is 17.1 Å². The second-order valence-electron chi connectivity index (χ2n) is 8.97. The highest BCUT2D eigenvalue weighted by atomic mass is 32.1. The van der Waals surface area contributed by atoms with Gasteiger partial charge in [-0.3, -0.25) is 9.69 Å². The van der Waals surface area contributed by atoms with Crippen molar-refractivity contribution in [2.24, 2.45) is 0 Å². The van der Waals surface area contributed by atoms with Crippen molar-refractivity contribution in [3.05, 3.63) is 53.3 Å². The molecule has 0 aliphatic carbocycles. The van der Waals surface area contributed by atoms with E-state index in [9.17, 15) is 22.4 Å². The summed E-state index contributed by atoms with van der Waals surface area (Å²) in [6, 6.07) is 8.89. The molecule has 2 aromatic rings. The van der Waals surface area contributed by atoms with E-state index in [4.69, 9.17) is 10.00 Å². The predicted octanol–water partition coefficient (Wildman–Crippen LogP) is 4.69. The van der Waals surface area contributed by atoms with E-state index in [1.165, 1.54) is 29.2 Å². The molecular weight excluding hydrogens is 484 g/mol. The summed E-state index contributed by atoms with van der Waals surface area (Å²) < 4.78 is 61.3. The Balaban J connectivity index is 1.66. The normalized spacial score (nSPS) is 20.7. The van der Waals surface area contributed by atoms with E-state index in [0.29, 0.717) is 5.69 Å². The Bertz CT molecular complexity index is 1180. The van der Waals surface area contributed by atoms with Crippen LogP contribution in [0, 0.1) is 17.1 Å². The minimum Gasteiger partial charge on any atom is -0.487 e. The highest BCUT2D eigenvalue weighted by Gasteiger charge is 2.51. The van der Waals surface area contributed by atoms with E-state index in [-0.39, 0.29) is 17.5 Å².